The van der Waals surface area contributed by atoms with E-state index in [1.54, 1.807) is 17.0 Å². The van der Waals surface area contributed by atoms with Crippen molar-refractivity contribution in [2.75, 3.05) is 18.4 Å². The van der Waals surface area contributed by atoms with Crippen molar-refractivity contribution in [3.8, 4) is 0 Å². The largest absolute Gasteiger partial charge is 0.339 e. The number of aromatic nitrogens is 2. The van der Waals surface area contributed by atoms with E-state index in [1.165, 1.54) is 36.4 Å². The monoisotopic (exact) mass is 531 g/mol. The molecule has 9 nitrogen and oxygen atoms in total. The van der Waals surface area contributed by atoms with E-state index in [4.69, 9.17) is 0 Å². The number of benzene rings is 3. The van der Waals surface area contributed by atoms with Gasteiger partial charge >= 0.3 is 0 Å². The number of anilines is 1. The Labute approximate surface area is 221 Å². The number of carbonyl (C=O) groups is 2. The maximum Gasteiger partial charge on any atom is 0.291 e. The van der Waals surface area contributed by atoms with Gasteiger partial charge in [-0.05, 0) is 60.7 Å². The smallest absolute Gasteiger partial charge is 0.291 e. The first kappa shape index (κ1) is 25.7. The van der Waals surface area contributed by atoms with Gasteiger partial charge in [0.05, 0.1) is 16.0 Å². The third-order valence-electron chi connectivity index (χ3n) is 6.71. The molecule has 1 fully saturated rings. The zero-order valence-electron chi connectivity index (χ0n) is 20.6. The highest BCUT2D eigenvalue weighted by Gasteiger charge is 2.23. The van der Waals surface area contributed by atoms with Crippen LogP contribution in [0.15, 0.2) is 66.7 Å². The number of non-ortho nitro benzene ring substituents is 1. The van der Waals surface area contributed by atoms with E-state index in [0.29, 0.717) is 29.8 Å². The number of imidazole rings is 1. The van der Waals surface area contributed by atoms with Crippen LogP contribution >= 0.6 is 0 Å². The van der Waals surface area contributed by atoms with Crippen LogP contribution in [-0.2, 0) is 4.79 Å². The van der Waals surface area contributed by atoms with Crippen LogP contribution in [0.2, 0.25) is 0 Å². The Balaban J connectivity index is 1.15. The molecule has 0 spiro atoms. The van der Waals surface area contributed by atoms with Gasteiger partial charge in [0, 0.05) is 48.6 Å². The predicted octanol–water partition coefficient (Wildman–Crippen LogP) is 5.42. The minimum absolute atomic E-state index is 0.0443. The molecule has 3 aromatic carbocycles. The Hall–Kier alpha value is -4.93. The Morgan fingerprint density at radius 3 is 2.49 bits per heavy atom. The lowest BCUT2D eigenvalue weighted by atomic mass is 9.89. The Morgan fingerprint density at radius 1 is 1.05 bits per heavy atom. The molecule has 1 saturated heterocycles. The number of nitro groups is 1. The second-order valence-corrected chi connectivity index (χ2v) is 9.22. The molecule has 0 saturated carbocycles. The second-order valence-electron chi connectivity index (χ2n) is 9.22. The number of rotatable bonds is 6. The van der Waals surface area contributed by atoms with Crippen LogP contribution in [0.5, 0.6) is 0 Å². The van der Waals surface area contributed by atoms with Crippen LogP contribution < -0.4 is 5.32 Å². The van der Waals surface area contributed by atoms with Crippen molar-refractivity contribution >= 4 is 40.3 Å². The molecule has 0 aliphatic carbocycles. The van der Waals surface area contributed by atoms with Crippen LogP contribution in [-0.4, -0.2) is 44.7 Å². The van der Waals surface area contributed by atoms with Gasteiger partial charge in [0.25, 0.3) is 11.6 Å². The SMILES string of the molecule is O=C(Nc1ccc(C2CCN(C(=O)/C=C/c3ccc(F)cc3F)CC2)cc1)c1nc2ccc([N+](=O)[O-])cc2[nH]1. The Kier molecular flexibility index (Phi) is 7.13. The van der Waals surface area contributed by atoms with Crippen molar-refractivity contribution in [3.63, 3.8) is 0 Å². The van der Waals surface area contributed by atoms with E-state index in [0.717, 1.165) is 30.5 Å². The molecular formula is C28H23F2N5O4. The maximum absolute atomic E-state index is 13.8. The maximum atomic E-state index is 13.8. The van der Waals surface area contributed by atoms with Crippen molar-refractivity contribution in [2.45, 2.75) is 18.8 Å². The van der Waals surface area contributed by atoms with Gasteiger partial charge in [0.2, 0.25) is 5.91 Å². The minimum Gasteiger partial charge on any atom is -0.339 e. The number of hydrogen-bond donors (Lipinski definition) is 2. The molecule has 1 aliphatic heterocycles. The number of nitro benzene ring substituents is 1. The van der Waals surface area contributed by atoms with Gasteiger partial charge in [0.1, 0.15) is 11.6 Å². The predicted molar refractivity (Wildman–Crippen MR) is 141 cm³/mol. The molecule has 198 valence electrons. The molecule has 0 radical (unpaired) electrons. The number of fused-ring (bicyclic) bond motifs is 1. The van der Waals surface area contributed by atoms with E-state index in [-0.39, 0.29) is 28.9 Å². The summed E-state index contributed by atoms with van der Waals surface area (Å²) in [5, 5.41) is 13.7. The summed E-state index contributed by atoms with van der Waals surface area (Å²) in [5.74, 6) is -1.81. The standard InChI is InChI=1S/C28H23F2N5O4/c29-20-5-1-19(23(30)15-20)4-10-26(36)34-13-11-18(12-14-34)17-2-6-21(7-3-17)31-28(37)27-32-24-9-8-22(35(38)39)16-25(24)33-27/h1-10,15-16,18H,11-14H2,(H,31,37)(H,32,33)/b10-4+. The third-order valence-corrected chi connectivity index (χ3v) is 6.71. The van der Waals surface area contributed by atoms with Gasteiger partial charge in [-0.2, -0.15) is 0 Å². The summed E-state index contributed by atoms with van der Waals surface area (Å²) in [7, 11) is 0. The van der Waals surface area contributed by atoms with E-state index < -0.39 is 22.5 Å². The van der Waals surface area contributed by atoms with Crippen molar-refractivity contribution in [3.05, 3.63) is 105 Å². The summed E-state index contributed by atoms with van der Waals surface area (Å²) >= 11 is 0. The fraction of sp³-hybridized carbons (Fsp3) is 0.179. The number of likely N-dealkylation sites (tertiary alicyclic amines) is 1. The van der Waals surface area contributed by atoms with Crippen LogP contribution in [0.25, 0.3) is 17.1 Å². The number of nitrogens with one attached hydrogen (secondary N) is 2. The number of carbonyl (C=O) groups excluding carboxylic acids is 2. The van der Waals surface area contributed by atoms with Crippen LogP contribution in [0.4, 0.5) is 20.2 Å². The lowest BCUT2D eigenvalue weighted by Gasteiger charge is -2.31. The van der Waals surface area contributed by atoms with Crippen molar-refractivity contribution < 1.29 is 23.3 Å². The molecule has 0 atom stereocenters. The molecule has 11 heteroatoms. The quantitative estimate of drug-likeness (QED) is 0.195. The third kappa shape index (κ3) is 5.82. The molecule has 4 aromatic rings. The molecule has 2 heterocycles. The van der Waals surface area contributed by atoms with Gasteiger partial charge in [0.15, 0.2) is 5.82 Å². The highest BCUT2D eigenvalue weighted by molar-refractivity contribution is 6.03. The summed E-state index contributed by atoms with van der Waals surface area (Å²) in [6.45, 7) is 1.09. The fourth-order valence-electron chi connectivity index (χ4n) is 4.58. The summed E-state index contributed by atoms with van der Waals surface area (Å²) < 4.78 is 26.8. The average Bonchev–Trinajstić information content (AvgIpc) is 3.37. The van der Waals surface area contributed by atoms with Crippen LogP contribution in [0.3, 0.4) is 0 Å². The van der Waals surface area contributed by atoms with E-state index in [1.807, 2.05) is 12.1 Å². The number of amides is 2. The lowest BCUT2D eigenvalue weighted by Crippen LogP contribution is -2.36. The normalized spacial score (nSPS) is 14.2. The van der Waals surface area contributed by atoms with E-state index >= 15 is 0 Å². The Morgan fingerprint density at radius 2 is 1.79 bits per heavy atom. The molecule has 0 bridgehead atoms. The number of nitrogens with zero attached hydrogens (tertiary/aromatic N) is 3. The highest BCUT2D eigenvalue weighted by Crippen LogP contribution is 2.29. The first-order valence-corrected chi connectivity index (χ1v) is 12.2. The molecule has 5 rings (SSSR count). The molecule has 2 amide bonds. The first-order valence-electron chi connectivity index (χ1n) is 12.2. The molecule has 39 heavy (non-hydrogen) atoms. The number of hydrogen-bond acceptors (Lipinski definition) is 5. The molecule has 1 aromatic heterocycles. The highest BCUT2D eigenvalue weighted by atomic mass is 19.1. The molecule has 1 aliphatic rings. The van der Waals surface area contributed by atoms with Crippen LogP contribution in [0.1, 0.15) is 40.5 Å². The van der Waals surface area contributed by atoms with Gasteiger partial charge in [-0.25, -0.2) is 13.8 Å². The molecule has 0 unspecified atom stereocenters. The summed E-state index contributed by atoms with van der Waals surface area (Å²) in [5.41, 5.74) is 2.55. The fourth-order valence-corrected chi connectivity index (χ4v) is 4.58. The molecule has 2 N–H and O–H groups in total. The number of aromatic amines is 1. The minimum atomic E-state index is -0.721. The summed E-state index contributed by atoms with van der Waals surface area (Å²) in [6.07, 6.45) is 4.16. The lowest BCUT2D eigenvalue weighted by molar-refractivity contribution is -0.384. The topological polar surface area (TPSA) is 121 Å². The van der Waals surface area contributed by atoms with Crippen LogP contribution in [0, 0.1) is 21.7 Å². The molecular weight excluding hydrogens is 508 g/mol. The van der Waals surface area contributed by atoms with Crippen molar-refractivity contribution in [1.82, 2.24) is 14.9 Å². The zero-order chi connectivity index (χ0) is 27.5. The van der Waals surface area contributed by atoms with Gasteiger partial charge < -0.3 is 15.2 Å². The number of piperidine rings is 1. The Bertz CT molecular complexity index is 1590. The first-order chi connectivity index (χ1) is 18.8. The second kappa shape index (κ2) is 10.8. The van der Waals surface area contributed by atoms with Gasteiger partial charge in [-0.15, -0.1) is 0 Å². The van der Waals surface area contributed by atoms with Gasteiger partial charge in [-0.3, -0.25) is 19.7 Å². The zero-order valence-corrected chi connectivity index (χ0v) is 20.6. The van der Waals surface area contributed by atoms with E-state index in [9.17, 15) is 28.5 Å². The average molecular weight is 532 g/mol. The van der Waals surface area contributed by atoms with Crippen molar-refractivity contribution in [1.29, 1.82) is 0 Å². The summed E-state index contributed by atoms with van der Waals surface area (Å²) in [4.78, 5) is 44.3. The summed E-state index contributed by atoms with van der Waals surface area (Å²) in [6, 6.07) is 14.8. The number of halogens is 2. The van der Waals surface area contributed by atoms with E-state index in [2.05, 4.69) is 15.3 Å². The van der Waals surface area contributed by atoms with Gasteiger partial charge in [-0.1, -0.05) is 12.1 Å². The number of H-pyrrole nitrogens is 1. The van der Waals surface area contributed by atoms with Crippen molar-refractivity contribution in [2.24, 2.45) is 0 Å².